The van der Waals surface area contributed by atoms with Gasteiger partial charge in [0.1, 0.15) is 10.8 Å². The summed E-state index contributed by atoms with van der Waals surface area (Å²) in [7, 11) is 0.527. The Balaban J connectivity index is 0.000000777. The van der Waals surface area contributed by atoms with Gasteiger partial charge in [-0.15, -0.1) is 0 Å². The summed E-state index contributed by atoms with van der Waals surface area (Å²) in [6.07, 6.45) is 14.7. The monoisotopic (exact) mass is 599 g/mol. The highest BCUT2D eigenvalue weighted by Crippen LogP contribution is 2.41. The van der Waals surface area contributed by atoms with Crippen molar-refractivity contribution < 1.29 is 8.95 Å². The van der Waals surface area contributed by atoms with E-state index in [-0.39, 0.29) is 11.4 Å². The van der Waals surface area contributed by atoms with Gasteiger partial charge in [0, 0.05) is 24.5 Å². The van der Waals surface area contributed by atoms with Crippen LogP contribution in [0.5, 0.6) is 5.75 Å². The van der Waals surface area contributed by atoms with Gasteiger partial charge in [-0.25, -0.2) is 4.98 Å². The SMILES string of the molecule is Cc1cc(Nc2ncc(Cl)c(Nc3cn(C)nc3S(=O)C(C)C)n2)c(OC2CC2)cc1C1CCCCC1.NC1CC1. The number of aromatic nitrogens is 4. The zero-order chi connectivity index (χ0) is 29.1. The molecule has 0 bridgehead atoms. The van der Waals surface area contributed by atoms with E-state index >= 15 is 0 Å². The van der Waals surface area contributed by atoms with Crippen molar-refractivity contribution in [3.63, 3.8) is 0 Å². The van der Waals surface area contributed by atoms with Gasteiger partial charge in [0.2, 0.25) is 5.95 Å². The molecule has 1 unspecified atom stereocenters. The number of nitrogens with zero attached hydrogens (tertiary/aromatic N) is 4. The maximum Gasteiger partial charge on any atom is 0.229 e. The summed E-state index contributed by atoms with van der Waals surface area (Å²) in [5.41, 5.74) is 9.32. The highest BCUT2D eigenvalue weighted by molar-refractivity contribution is 7.85. The minimum Gasteiger partial charge on any atom is -0.488 e. The molecule has 1 aromatic carbocycles. The summed E-state index contributed by atoms with van der Waals surface area (Å²) >= 11 is 6.45. The summed E-state index contributed by atoms with van der Waals surface area (Å²) in [5.74, 6) is 2.25. The molecule has 6 rings (SSSR count). The Morgan fingerprint density at radius 3 is 2.41 bits per heavy atom. The fourth-order valence-corrected chi connectivity index (χ4v) is 6.02. The third-order valence-electron chi connectivity index (χ3n) is 7.51. The summed E-state index contributed by atoms with van der Waals surface area (Å²) in [5, 5.41) is 11.7. The smallest absolute Gasteiger partial charge is 0.229 e. The lowest BCUT2D eigenvalue weighted by Crippen LogP contribution is -2.10. The number of nitrogens with two attached hydrogens (primary N) is 1. The van der Waals surface area contributed by atoms with Gasteiger partial charge in [0.05, 0.1) is 34.5 Å². The van der Waals surface area contributed by atoms with E-state index in [1.807, 2.05) is 13.8 Å². The van der Waals surface area contributed by atoms with Crippen LogP contribution in [0.25, 0.3) is 0 Å². The lowest BCUT2D eigenvalue weighted by Gasteiger charge is -2.25. The first-order valence-corrected chi connectivity index (χ1v) is 16.3. The van der Waals surface area contributed by atoms with Gasteiger partial charge in [-0.1, -0.05) is 44.7 Å². The molecule has 0 radical (unpaired) electrons. The molecular weight excluding hydrogens is 558 g/mol. The Morgan fingerprint density at radius 2 is 1.78 bits per heavy atom. The highest BCUT2D eigenvalue weighted by Gasteiger charge is 2.27. The quantitative estimate of drug-likeness (QED) is 0.244. The number of anilines is 4. The maximum absolute atomic E-state index is 12.8. The largest absolute Gasteiger partial charge is 0.488 e. The van der Waals surface area contributed by atoms with Gasteiger partial charge in [-0.2, -0.15) is 10.1 Å². The third kappa shape index (κ3) is 7.99. The van der Waals surface area contributed by atoms with Crippen LogP contribution < -0.4 is 21.1 Å². The second-order valence-corrected chi connectivity index (χ2v) is 14.0. The Kier molecular flexibility index (Phi) is 9.51. The van der Waals surface area contributed by atoms with Crippen molar-refractivity contribution in [1.82, 2.24) is 19.7 Å². The standard InChI is InChI=1S/C27H35ClN6O2S.C3H7N/c1-16(2)37(35)26-23(15-34(4)33-26)30-25-21(28)14-29-27(32-25)31-22-12-17(3)20(18-8-6-5-7-9-18)13-24(22)36-19-10-11-19;4-3-1-2-3/h12-16,18-19H,5-11H2,1-4H3,(H2,29,30,31,32);3H,1-2,4H2. The minimum atomic E-state index is -1.27. The number of benzene rings is 1. The molecule has 0 aliphatic heterocycles. The zero-order valence-corrected chi connectivity index (χ0v) is 26.0. The number of hydrogen-bond donors (Lipinski definition) is 3. The highest BCUT2D eigenvalue weighted by atomic mass is 35.5. The Bertz CT molecular complexity index is 1380. The molecule has 3 saturated carbocycles. The van der Waals surface area contributed by atoms with E-state index in [2.05, 4.69) is 44.8 Å². The first kappa shape index (κ1) is 29.8. The van der Waals surface area contributed by atoms with Gasteiger partial charge in [-0.3, -0.25) is 8.89 Å². The Hall–Kier alpha value is -2.69. The van der Waals surface area contributed by atoms with Crippen molar-refractivity contribution in [3.8, 4) is 5.75 Å². The normalized spacial score (nSPS) is 18.0. The molecule has 222 valence electrons. The average molecular weight is 600 g/mol. The Morgan fingerprint density at radius 1 is 1.07 bits per heavy atom. The first-order chi connectivity index (χ1) is 19.7. The molecule has 41 heavy (non-hydrogen) atoms. The second-order valence-electron chi connectivity index (χ2n) is 11.7. The molecule has 3 aliphatic carbocycles. The van der Waals surface area contributed by atoms with Crippen LogP contribution in [0.1, 0.15) is 88.7 Å². The van der Waals surface area contributed by atoms with Crippen LogP contribution in [0.15, 0.2) is 29.6 Å². The topological polar surface area (TPSA) is 120 Å². The third-order valence-corrected chi connectivity index (χ3v) is 9.33. The minimum absolute atomic E-state index is 0.0711. The average Bonchev–Trinajstić information content (AvgIpc) is 3.89. The van der Waals surface area contributed by atoms with Crippen LogP contribution in [0.3, 0.4) is 0 Å². The molecule has 11 heteroatoms. The molecule has 0 amide bonds. The number of aryl methyl sites for hydroxylation is 2. The van der Waals surface area contributed by atoms with Gasteiger partial charge in [0.15, 0.2) is 10.8 Å². The molecule has 2 aromatic heterocycles. The lowest BCUT2D eigenvalue weighted by atomic mass is 9.82. The number of hydrogen-bond acceptors (Lipinski definition) is 8. The molecule has 1 atom stereocenters. The van der Waals surface area contributed by atoms with Gasteiger partial charge in [-0.05, 0) is 74.6 Å². The second kappa shape index (κ2) is 13.1. The molecule has 2 heterocycles. The number of rotatable bonds is 9. The van der Waals surface area contributed by atoms with Crippen molar-refractivity contribution in [3.05, 3.63) is 40.7 Å². The first-order valence-electron chi connectivity index (χ1n) is 14.8. The van der Waals surface area contributed by atoms with Crippen molar-refractivity contribution in [2.45, 2.75) is 107 Å². The van der Waals surface area contributed by atoms with E-state index in [0.29, 0.717) is 39.5 Å². The number of halogens is 1. The van der Waals surface area contributed by atoms with Crippen molar-refractivity contribution in [1.29, 1.82) is 0 Å². The predicted octanol–water partition coefficient (Wildman–Crippen LogP) is 6.87. The van der Waals surface area contributed by atoms with Crippen LogP contribution in [0.2, 0.25) is 5.02 Å². The summed E-state index contributed by atoms with van der Waals surface area (Å²) in [4.78, 5) is 9.05. The lowest BCUT2D eigenvalue weighted by molar-refractivity contribution is 0.304. The molecule has 3 aliphatic rings. The molecule has 0 saturated heterocycles. The van der Waals surface area contributed by atoms with Gasteiger partial charge < -0.3 is 21.1 Å². The van der Waals surface area contributed by atoms with Crippen LogP contribution in [0, 0.1) is 6.92 Å². The number of ether oxygens (including phenoxy) is 1. The zero-order valence-electron chi connectivity index (χ0n) is 24.5. The molecule has 0 spiro atoms. The summed E-state index contributed by atoms with van der Waals surface area (Å²) < 4.78 is 20.7. The summed E-state index contributed by atoms with van der Waals surface area (Å²) in [6, 6.07) is 4.96. The fourth-order valence-electron chi connectivity index (χ4n) is 4.90. The molecular formula is C30H42ClN7O2S. The van der Waals surface area contributed by atoms with Crippen LogP contribution >= 0.6 is 11.6 Å². The van der Waals surface area contributed by atoms with Crippen molar-refractivity contribution in [2.24, 2.45) is 12.8 Å². The Labute approximate surface area is 250 Å². The van der Waals surface area contributed by atoms with E-state index < -0.39 is 10.8 Å². The molecule has 9 nitrogen and oxygen atoms in total. The van der Waals surface area contributed by atoms with E-state index in [0.717, 1.165) is 24.3 Å². The van der Waals surface area contributed by atoms with Crippen molar-refractivity contribution in [2.75, 3.05) is 10.6 Å². The summed E-state index contributed by atoms with van der Waals surface area (Å²) in [6.45, 7) is 5.97. The van der Waals surface area contributed by atoms with Crippen LogP contribution in [0.4, 0.5) is 23.1 Å². The van der Waals surface area contributed by atoms with Gasteiger partial charge >= 0.3 is 0 Å². The van der Waals surface area contributed by atoms with E-state index in [1.54, 1.807) is 24.1 Å². The fraction of sp³-hybridized carbons (Fsp3) is 0.567. The number of nitrogens with one attached hydrogen (secondary N) is 2. The van der Waals surface area contributed by atoms with Crippen LogP contribution in [-0.2, 0) is 17.8 Å². The maximum atomic E-state index is 12.8. The van der Waals surface area contributed by atoms with Crippen molar-refractivity contribution >= 4 is 45.5 Å². The van der Waals surface area contributed by atoms with E-state index in [4.69, 9.17) is 22.1 Å². The van der Waals surface area contributed by atoms with E-state index in [1.165, 1.54) is 56.1 Å². The van der Waals surface area contributed by atoms with E-state index in [9.17, 15) is 4.21 Å². The molecule has 3 aromatic rings. The predicted molar refractivity (Wildman–Crippen MR) is 166 cm³/mol. The molecule has 3 fully saturated rings. The van der Waals surface area contributed by atoms with Gasteiger partial charge in [0.25, 0.3) is 0 Å². The van der Waals surface area contributed by atoms with Crippen LogP contribution in [-0.4, -0.2) is 41.4 Å². The molecule has 4 N–H and O–H groups in total.